The van der Waals surface area contributed by atoms with Crippen molar-refractivity contribution in [1.29, 1.82) is 0 Å². The van der Waals surface area contributed by atoms with Crippen LogP contribution < -0.4 is 0 Å². The molecule has 0 nitrogen and oxygen atoms in total. The first kappa shape index (κ1) is 10.7. The zero-order chi connectivity index (χ0) is 8.69. The fourth-order valence-corrected chi connectivity index (χ4v) is 1.31. The topological polar surface area (TPSA) is 0 Å². The average molecular weight is 154 g/mol. The van der Waals surface area contributed by atoms with Gasteiger partial charge in [0.1, 0.15) is 0 Å². The van der Waals surface area contributed by atoms with Gasteiger partial charge >= 0.3 is 0 Å². The van der Waals surface area contributed by atoms with Crippen molar-refractivity contribution in [1.82, 2.24) is 0 Å². The van der Waals surface area contributed by atoms with E-state index in [0.717, 1.165) is 5.92 Å². The Morgan fingerprint density at radius 3 is 2.09 bits per heavy atom. The minimum atomic E-state index is 0.704. The SMILES string of the molecule is C=CC(C)CCC(CC)CC. The molecule has 1 unspecified atom stereocenters. The van der Waals surface area contributed by atoms with Gasteiger partial charge in [0.05, 0.1) is 0 Å². The molecule has 0 saturated carbocycles. The van der Waals surface area contributed by atoms with Gasteiger partial charge in [-0.1, -0.05) is 39.7 Å². The lowest BCUT2D eigenvalue weighted by atomic mass is 9.93. The van der Waals surface area contributed by atoms with Crippen LogP contribution >= 0.6 is 0 Å². The van der Waals surface area contributed by atoms with Crippen molar-refractivity contribution < 1.29 is 0 Å². The molecule has 0 saturated heterocycles. The molecule has 66 valence electrons. The Morgan fingerprint density at radius 1 is 1.18 bits per heavy atom. The van der Waals surface area contributed by atoms with Crippen molar-refractivity contribution in [2.75, 3.05) is 0 Å². The second kappa shape index (κ2) is 6.45. The van der Waals surface area contributed by atoms with E-state index in [0.29, 0.717) is 5.92 Å². The van der Waals surface area contributed by atoms with Crippen molar-refractivity contribution in [2.45, 2.75) is 46.5 Å². The maximum absolute atomic E-state index is 3.79. The molecule has 0 heteroatoms. The van der Waals surface area contributed by atoms with Gasteiger partial charge < -0.3 is 0 Å². The molecule has 0 N–H and O–H groups in total. The van der Waals surface area contributed by atoms with Crippen LogP contribution in [-0.2, 0) is 0 Å². The number of hydrogen-bond donors (Lipinski definition) is 0. The van der Waals surface area contributed by atoms with E-state index in [1.54, 1.807) is 0 Å². The second-order valence-corrected chi connectivity index (χ2v) is 3.47. The normalized spacial score (nSPS) is 13.5. The summed E-state index contributed by atoms with van der Waals surface area (Å²) in [6.07, 6.45) is 7.42. The fourth-order valence-electron chi connectivity index (χ4n) is 1.31. The van der Waals surface area contributed by atoms with E-state index in [1.165, 1.54) is 25.7 Å². The highest BCUT2D eigenvalue weighted by Crippen LogP contribution is 2.18. The monoisotopic (exact) mass is 154 g/mol. The van der Waals surface area contributed by atoms with E-state index in [1.807, 2.05) is 0 Å². The molecule has 0 spiro atoms. The zero-order valence-corrected chi connectivity index (χ0v) is 8.27. The van der Waals surface area contributed by atoms with Gasteiger partial charge in [0, 0.05) is 0 Å². The molecule has 0 rings (SSSR count). The molecule has 0 bridgehead atoms. The zero-order valence-electron chi connectivity index (χ0n) is 8.27. The molecule has 11 heavy (non-hydrogen) atoms. The van der Waals surface area contributed by atoms with Gasteiger partial charge in [0.15, 0.2) is 0 Å². The predicted molar refractivity (Wildman–Crippen MR) is 52.7 cm³/mol. The van der Waals surface area contributed by atoms with E-state index in [2.05, 4.69) is 33.4 Å². The van der Waals surface area contributed by atoms with Crippen molar-refractivity contribution in [3.05, 3.63) is 12.7 Å². The molecular formula is C11H22. The van der Waals surface area contributed by atoms with Gasteiger partial charge in [-0.05, 0) is 24.7 Å². The Morgan fingerprint density at radius 2 is 1.73 bits per heavy atom. The Hall–Kier alpha value is -0.260. The minimum absolute atomic E-state index is 0.704. The first-order valence-electron chi connectivity index (χ1n) is 4.87. The highest BCUT2D eigenvalue weighted by molar-refractivity contribution is 4.75. The van der Waals surface area contributed by atoms with Crippen LogP contribution in [0.25, 0.3) is 0 Å². The summed E-state index contributed by atoms with van der Waals surface area (Å²) in [6.45, 7) is 10.6. The summed E-state index contributed by atoms with van der Waals surface area (Å²) in [5.74, 6) is 1.65. The van der Waals surface area contributed by atoms with Gasteiger partial charge in [-0.15, -0.1) is 6.58 Å². The number of rotatable bonds is 6. The van der Waals surface area contributed by atoms with Crippen molar-refractivity contribution in [3.63, 3.8) is 0 Å². The van der Waals surface area contributed by atoms with Gasteiger partial charge in [-0.2, -0.15) is 0 Å². The molecule has 0 aromatic carbocycles. The summed E-state index contributed by atoms with van der Waals surface area (Å²) in [5, 5.41) is 0. The molecule has 0 aliphatic heterocycles. The predicted octanol–water partition coefficient (Wildman–Crippen LogP) is 4.02. The third-order valence-corrected chi connectivity index (χ3v) is 2.59. The van der Waals surface area contributed by atoms with Gasteiger partial charge in [-0.3, -0.25) is 0 Å². The highest BCUT2D eigenvalue weighted by atomic mass is 14.1. The lowest BCUT2D eigenvalue weighted by molar-refractivity contribution is 0.416. The van der Waals surface area contributed by atoms with Crippen LogP contribution in [0.1, 0.15) is 46.5 Å². The molecule has 0 heterocycles. The molecule has 0 amide bonds. The van der Waals surface area contributed by atoms with E-state index in [4.69, 9.17) is 0 Å². The Balaban J connectivity index is 3.41. The van der Waals surface area contributed by atoms with Gasteiger partial charge in [-0.25, -0.2) is 0 Å². The van der Waals surface area contributed by atoms with Gasteiger partial charge in [0.25, 0.3) is 0 Å². The van der Waals surface area contributed by atoms with E-state index >= 15 is 0 Å². The third-order valence-electron chi connectivity index (χ3n) is 2.59. The molecule has 0 fully saturated rings. The molecule has 0 aromatic heterocycles. The number of hydrogen-bond acceptors (Lipinski definition) is 0. The smallest absolute Gasteiger partial charge is 0.0265 e. The lowest BCUT2D eigenvalue weighted by Crippen LogP contribution is -1.99. The summed E-state index contributed by atoms with van der Waals surface area (Å²) in [6, 6.07) is 0. The fraction of sp³-hybridized carbons (Fsp3) is 0.818. The Bertz CT molecular complexity index is 90.2. The van der Waals surface area contributed by atoms with Crippen molar-refractivity contribution in [2.24, 2.45) is 11.8 Å². The quantitative estimate of drug-likeness (QED) is 0.507. The Labute approximate surface area is 71.7 Å². The van der Waals surface area contributed by atoms with Crippen molar-refractivity contribution >= 4 is 0 Å². The van der Waals surface area contributed by atoms with Crippen molar-refractivity contribution in [3.8, 4) is 0 Å². The van der Waals surface area contributed by atoms with E-state index < -0.39 is 0 Å². The summed E-state index contributed by atoms with van der Waals surface area (Å²) in [5.41, 5.74) is 0. The summed E-state index contributed by atoms with van der Waals surface area (Å²) < 4.78 is 0. The molecule has 1 atom stereocenters. The summed E-state index contributed by atoms with van der Waals surface area (Å²) in [4.78, 5) is 0. The van der Waals surface area contributed by atoms with E-state index in [-0.39, 0.29) is 0 Å². The highest BCUT2D eigenvalue weighted by Gasteiger charge is 2.04. The molecule has 0 aromatic rings. The number of allylic oxidation sites excluding steroid dienone is 1. The molecule has 0 aliphatic rings. The van der Waals surface area contributed by atoms with Crippen LogP contribution in [0.3, 0.4) is 0 Å². The minimum Gasteiger partial charge on any atom is -0.103 e. The van der Waals surface area contributed by atoms with E-state index in [9.17, 15) is 0 Å². The average Bonchev–Trinajstić information content (AvgIpc) is 2.06. The van der Waals surface area contributed by atoms with Gasteiger partial charge in [0.2, 0.25) is 0 Å². The van der Waals surface area contributed by atoms with Crippen LogP contribution in [0.2, 0.25) is 0 Å². The first-order valence-corrected chi connectivity index (χ1v) is 4.87. The molecular weight excluding hydrogens is 132 g/mol. The lowest BCUT2D eigenvalue weighted by Gasteiger charge is -2.13. The summed E-state index contributed by atoms with van der Waals surface area (Å²) >= 11 is 0. The van der Waals surface area contributed by atoms with Crippen LogP contribution in [0.4, 0.5) is 0 Å². The first-order chi connectivity index (χ1) is 5.24. The van der Waals surface area contributed by atoms with Crippen LogP contribution in [0.15, 0.2) is 12.7 Å². The Kier molecular flexibility index (Phi) is 6.30. The summed E-state index contributed by atoms with van der Waals surface area (Å²) in [7, 11) is 0. The van der Waals surface area contributed by atoms with Crippen LogP contribution in [-0.4, -0.2) is 0 Å². The largest absolute Gasteiger partial charge is 0.103 e. The van der Waals surface area contributed by atoms with Crippen LogP contribution in [0, 0.1) is 11.8 Å². The third kappa shape index (κ3) is 5.06. The maximum Gasteiger partial charge on any atom is -0.0265 e. The molecule has 0 aliphatic carbocycles. The maximum atomic E-state index is 3.79. The second-order valence-electron chi connectivity index (χ2n) is 3.47. The molecule has 0 radical (unpaired) electrons. The standard InChI is InChI=1S/C11H22/c1-5-10(4)8-9-11(6-2)7-3/h5,10-11H,1,6-9H2,2-4H3. The van der Waals surface area contributed by atoms with Crippen LogP contribution in [0.5, 0.6) is 0 Å².